The van der Waals surface area contributed by atoms with E-state index in [9.17, 15) is 10.1 Å². The number of nitro groups is 1. The average Bonchev–Trinajstić information content (AvgIpc) is 2.59. The number of non-ortho nitro benzene ring substituents is 1. The fraction of sp³-hybridized carbons (Fsp3) is 0.0526. The predicted octanol–water partition coefficient (Wildman–Crippen LogP) is 4.97. The molecule has 0 fully saturated rings. The quantitative estimate of drug-likeness (QED) is 0.581. The maximum atomic E-state index is 10.9. The van der Waals surface area contributed by atoms with Crippen LogP contribution in [-0.4, -0.2) is 4.92 Å². The smallest absolute Gasteiger partial charge is 0.269 e. The zero-order chi connectivity index (χ0) is 15.8. The van der Waals surface area contributed by atoms with E-state index in [-0.39, 0.29) is 10.6 Å². The molecule has 0 radical (unpaired) electrons. The largest absolute Gasteiger partial charge is 0.310 e. The lowest BCUT2D eigenvalue weighted by Crippen LogP contribution is -2.22. The van der Waals surface area contributed by atoms with Crippen LogP contribution >= 0.6 is 0 Å². The van der Waals surface area contributed by atoms with E-state index in [4.69, 9.17) is 0 Å². The number of fused-ring (bicyclic) bond motifs is 2. The van der Waals surface area contributed by atoms with E-state index >= 15 is 0 Å². The van der Waals surface area contributed by atoms with Crippen LogP contribution in [0.25, 0.3) is 6.08 Å². The molecular weight excluding hydrogens is 288 g/mol. The van der Waals surface area contributed by atoms with Crippen LogP contribution in [0, 0.1) is 10.1 Å². The van der Waals surface area contributed by atoms with Gasteiger partial charge in [-0.25, -0.2) is 0 Å². The van der Waals surface area contributed by atoms with Crippen molar-refractivity contribution in [2.24, 2.45) is 0 Å². The van der Waals surface area contributed by atoms with Crippen LogP contribution < -0.4 is 4.90 Å². The van der Waals surface area contributed by atoms with Crippen molar-refractivity contribution in [1.29, 1.82) is 0 Å². The standard InChI is InChI=1S/C19H14N2O2/c22-21(23)17-11-9-16(10-12-17)20-18-7-3-1-5-14(18)13-15-6-2-4-8-19(15)20/h1-5,7-13H,6H2. The lowest BCUT2D eigenvalue weighted by atomic mass is 9.93. The van der Waals surface area contributed by atoms with Crippen LogP contribution in [0.3, 0.4) is 0 Å². The van der Waals surface area contributed by atoms with Gasteiger partial charge in [0, 0.05) is 23.5 Å². The Morgan fingerprint density at radius 3 is 2.61 bits per heavy atom. The Morgan fingerprint density at radius 1 is 1.04 bits per heavy atom. The highest BCUT2D eigenvalue weighted by molar-refractivity contribution is 5.86. The molecule has 4 heteroatoms. The van der Waals surface area contributed by atoms with Crippen molar-refractivity contribution in [3.05, 3.63) is 93.7 Å². The second kappa shape index (κ2) is 5.25. The molecule has 112 valence electrons. The summed E-state index contributed by atoms with van der Waals surface area (Å²) in [5, 5.41) is 10.9. The van der Waals surface area contributed by atoms with Crippen LogP contribution in [0.5, 0.6) is 0 Å². The zero-order valence-electron chi connectivity index (χ0n) is 12.3. The van der Waals surface area contributed by atoms with Gasteiger partial charge in [0.15, 0.2) is 0 Å². The third kappa shape index (κ3) is 2.25. The Hall–Kier alpha value is -3.14. The van der Waals surface area contributed by atoms with Gasteiger partial charge in [0.25, 0.3) is 5.69 Å². The first-order valence-corrected chi connectivity index (χ1v) is 7.45. The van der Waals surface area contributed by atoms with Crippen molar-refractivity contribution in [2.45, 2.75) is 6.42 Å². The van der Waals surface area contributed by atoms with Crippen LogP contribution in [0.1, 0.15) is 12.0 Å². The van der Waals surface area contributed by atoms with Crippen molar-refractivity contribution >= 4 is 23.1 Å². The number of anilines is 2. The maximum absolute atomic E-state index is 10.9. The van der Waals surface area contributed by atoms with Crippen molar-refractivity contribution in [2.75, 3.05) is 4.90 Å². The number of allylic oxidation sites excluding steroid dienone is 4. The van der Waals surface area contributed by atoms with Gasteiger partial charge in [0.05, 0.1) is 10.6 Å². The summed E-state index contributed by atoms with van der Waals surface area (Å²) in [5.74, 6) is 0. The molecule has 0 aromatic heterocycles. The van der Waals surface area contributed by atoms with Gasteiger partial charge in [-0.2, -0.15) is 0 Å². The number of nitrogens with zero attached hydrogens (tertiary/aromatic N) is 2. The van der Waals surface area contributed by atoms with E-state index in [0.717, 1.165) is 29.1 Å². The normalized spacial score (nSPS) is 15.4. The van der Waals surface area contributed by atoms with Gasteiger partial charge >= 0.3 is 0 Å². The number of benzene rings is 2. The predicted molar refractivity (Wildman–Crippen MR) is 91.5 cm³/mol. The van der Waals surface area contributed by atoms with Gasteiger partial charge in [-0.05, 0) is 47.9 Å². The lowest BCUT2D eigenvalue weighted by molar-refractivity contribution is -0.384. The Balaban J connectivity index is 1.87. The Morgan fingerprint density at radius 2 is 1.83 bits per heavy atom. The Bertz CT molecular complexity index is 876. The summed E-state index contributed by atoms with van der Waals surface area (Å²) in [6.07, 6.45) is 9.39. The third-order valence-electron chi connectivity index (χ3n) is 4.12. The van der Waals surface area contributed by atoms with Gasteiger partial charge in [0.1, 0.15) is 0 Å². The van der Waals surface area contributed by atoms with Gasteiger partial charge < -0.3 is 4.90 Å². The topological polar surface area (TPSA) is 46.4 Å². The SMILES string of the molecule is O=[N+]([O-])c1ccc(N2C3=CC=CCC3=Cc3ccccc32)cc1. The molecule has 23 heavy (non-hydrogen) atoms. The van der Waals surface area contributed by atoms with E-state index in [1.54, 1.807) is 24.3 Å². The lowest BCUT2D eigenvalue weighted by Gasteiger charge is -2.34. The van der Waals surface area contributed by atoms with Crippen LogP contribution in [0.4, 0.5) is 17.1 Å². The van der Waals surface area contributed by atoms with Gasteiger partial charge in [-0.3, -0.25) is 10.1 Å². The molecule has 2 aromatic rings. The molecule has 0 saturated carbocycles. The molecule has 0 atom stereocenters. The fourth-order valence-electron chi connectivity index (χ4n) is 3.05. The molecule has 4 rings (SSSR count). The minimum atomic E-state index is -0.373. The van der Waals surface area contributed by atoms with E-state index in [1.807, 2.05) is 12.1 Å². The molecule has 0 N–H and O–H groups in total. The summed E-state index contributed by atoms with van der Waals surface area (Å²) < 4.78 is 0. The number of hydrogen-bond donors (Lipinski definition) is 0. The monoisotopic (exact) mass is 302 g/mol. The molecule has 0 spiro atoms. The van der Waals surface area contributed by atoms with E-state index in [1.165, 1.54) is 5.57 Å². The van der Waals surface area contributed by atoms with Crippen molar-refractivity contribution < 1.29 is 4.92 Å². The summed E-state index contributed by atoms with van der Waals surface area (Å²) in [6, 6.07) is 14.9. The van der Waals surface area contributed by atoms with E-state index in [2.05, 4.69) is 41.3 Å². The maximum Gasteiger partial charge on any atom is 0.269 e. The van der Waals surface area contributed by atoms with E-state index in [0.29, 0.717) is 0 Å². The molecule has 2 aliphatic rings. The summed E-state index contributed by atoms with van der Waals surface area (Å²) >= 11 is 0. The molecule has 4 nitrogen and oxygen atoms in total. The molecule has 1 aliphatic carbocycles. The summed E-state index contributed by atoms with van der Waals surface area (Å²) in [4.78, 5) is 12.7. The zero-order valence-corrected chi connectivity index (χ0v) is 12.3. The molecule has 1 heterocycles. The Kier molecular flexibility index (Phi) is 3.08. The second-order valence-corrected chi connectivity index (χ2v) is 5.52. The van der Waals surface area contributed by atoms with Crippen LogP contribution in [0.2, 0.25) is 0 Å². The molecule has 2 aromatic carbocycles. The summed E-state index contributed by atoms with van der Waals surface area (Å²) in [5.41, 5.74) is 5.66. The van der Waals surface area contributed by atoms with Crippen molar-refractivity contribution in [1.82, 2.24) is 0 Å². The summed E-state index contributed by atoms with van der Waals surface area (Å²) in [7, 11) is 0. The first-order valence-electron chi connectivity index (χ1n) is 7.45. The molecular formula is C19H14N2O2. The number of hydrogen-bond acceptors (Lipinski definition) is 3. The third-order valence-corrected chi connectivity index (χ3v) is 4.12. The molecule has 1 aliphatic heterocycles. The first-order chi connectivity index (χ1) is 11.2. The fourth-order valence-corrected chi connectivity index (χ4v) is 3.05. The minimum Gasteiger partial charge on any atom is -0.310 e. The van der Waals surface area contributed by atoms with Crippen LogP contribution in [-0.2, 0) is 0 Å². The highest BCUT2D eigenvalue weighted by Crippen LogP contribution is 2.42. The number of nitro benzene ring substituents is 1. The van der Waals surface area contributed by atoms with Crippen LogP contribution in [0.15, 0.2) is 78.0 Å². The first kappa shape index (κ1) is 13.5. The number of para-hydroxylation sites is 1. The molecule has 0 saturated heterocycles. The number of rotatable bonds is 2. The second-order valence-electron chi connectivity index (χ2n) is 5.52. The molecule has 0 bridgehead atoms. The van der Waals surface area contributed by atoms with Gasteiger partial charge in [-0.15, -0.1) is 0 Å². The average molecular weight is 302 g/mol. The van der Waals surface area contributed by atoms with Gasteiger partial charge in [-0.1, -0.05) is 30.4 Å². The minimum absolute atomic E-state index is 0.104. The highest BCUT2D eigenvalue weighted by atomic mass is 16.6. The Labute approximate surface area is 133 Å². The molecule has 0 unspecified atom stereocenters. The van der Waals surface area contributed by atoms with Gasteiger partial charge in [0.2, 0.25) is 0 Å². The van der Waals surface area contributed by atoms with Crippen molar-refractivity contribution in [3.8, 4) is 0 Å². The highest BCUT2D eigenvalue weighted by Gasteiger charge is 2.25. The molecule has 0 amide bonds. The summed E-state index contributed by atoms with van der Waals surface area (Å²) in [6.45, 7) is 0. The van der Waals surface area contributed by atoms with E-state index < -0.39 is 0 Å². The van der Waals surface area contributed by atoms with Crippen molar-refractivity contribution in [3.63, 3.8) is 0 Å².